The SMILES string of the molecule is CC(C)CCNC(N)=NCC(C)COCc1ccccc1.I. The quantitative estimate of drug-likeness (QED) is 0.367. The van der Waals surface area contributed by atoms with Crippen molar-refractivity contribution in [2.24, 2.45) is 22.6 Å². The number of halogens is 1. The molecule has 0 saturated carbocycles. The van der Waals surface area contributed by atoms with Gasteiger partial charge >= 0.3 is 0 Å². The van der Waals surface area contributed by atoms with Gasteiger partial charge in [-0.15, -0.1) is 24.0 Å². The van der Waals surface area contributed by atoms with Gasteiger partial charge in [-0.1, -0.05) is 51.1 Å². The fourth-order valence-corrected chi connectivity index (χ4v) is 1.80. The summed E-state index contributed by atoms with van der Waals surface area (Å²) >= 11 is 0. The Morgan fingerprint density at radius 3 is 2.55 bits per heavy atom. The summed E-state index contributed by atoms with van der Waals surface area (Å²) in [4.78, 5) is 4.35. The Kier molecular flexibility index (Phi) is 12.2. The zero-order valence-corrected chi connectivity index (χ0v) is 16.2. The number of nitrogens with one attached hydrogen (secondary N) is 1. The predicted octanol–water partition coefficient (Wildman–Crippen LogP) is 3.41. The predicted molar refractivity (Wildman–Crippen MR) is 105 cm³/mol. The summed E-state index contributed by atoms with van der Waals surface area (Å²) in [6.45, 7) is 9.42. The average molecular weight is 419 g/mol. The summed E-state index contributed by atoms with van der Waals surface area (Å²) in [7, 11) is 0. The molecule has 0 saturated heterocycles. The van der Waals surface area contributed by atoms with Crippen molar-refractivity contribution in [3.05, 3.63) is 35.9 Å². The molecule has 0 aromatic heterocycles. The van der Waals surface area contributed by atoms with Crippen molar-refractivity contribution in [1.29, 1.82) is 0 Å². The number of benzene rings is 1. The van der Waals surface area contributed by atoms with E-state index in [1.807, 2.05) is 18.2 Å². The van der Waals surface area contributed by atoms with Gasteiger partial charge in [0.15, 0.2) is 5.96 Å². The second-order valence-electron chi connectivity index (χ2n) is 5.94. The van der Waals surface area contributed by atoms with Gasteiger partial charge in [0.05, 0.1) is 13.2 Å². The molecule has 1 unspecified atom stereocenters. The van der Waals surface area contributed by atoms with Crippen LogP contribution in [0.1, 0.15) is 32.8 Å². The van der Waals surface area contributed by atoms with Crippen molar-refractivity contribution >= 4 is 29.9 Å². The molecule has 0 fully saturated rings. The molecule has 0 aliphatic heterocycles. The Morgan fingerprint density at radius 1 is 1.23 bits per heavy atom. The molecule has 1 aromatic carbocycles. The van der Waals surface area contributed by atoms with Gasteiger partial charge in [-0.3, -0.25) is 4.99 Å². The number of ether oxygens (including phenoxy) is 1. The molecule has 4 nitrogen and oxygen atoms in total. The number of rotatable bonds is 9. The maximum atomic E-state index is 5.83. The van der Waals surface area contributed by atoms with Crippen LogP contribution in [0.5, 0.6) is 0 Å². The largest absolute Gasteiger partial charge is 0.376 e. The topological polar surface area (TPSA) is 59.6 Å². The molecule has 1 aromatic rings. The molecule has 1 rings (SSSR count). The first-order valence-corrected chi connectivity index (χ1v) is 7.73. The molecule has 3 N–H and O–H groups in total. The minimum Gasteiger partial charge on any atom is -0.376 e. The Hall–Kier alpha value is -0.820. The van der Waals surface area contributed by atoms with E-state index in [-0.39, 0.29) is 24.0 Å². The Morgan fingerprint density at radius 2 is 1.91 bits per heavy atom. The van der Waals surface area contributed by atoms with Gasteiger partial charge in [0.2, 0.25) is 0 Å². The highest BCUT2D eigenvalue weighted by Crippen LogP contribution is 2.03. The number of hydrogen-bond donors (Lipinski definition) is 2. The van der Waals surface area contributed by atoms with Crippen molar-refractivity contribution in [1.82, 2.24) is 5.32 Å². The third-order valence-electron chi connectivity index (χ3n) is 3.12. The Bertz CT molecular complexity index is 410. The number of nitrogens with two attached hydrogens (primary N) is 1. The number of aliphatic imine (C=N–C) groups is 1. The van der Waals surface area contributed by atoms with E-state index in [0.29, 0.717) is 37.6 Å². The average Bonchev–Trinajstić information content (AvgIpc) is 2.46. The third kappa shape index (κ3) is 10.8. The smallest absolute Gasteiger partial charge is 0.188 e. The maximum absolute atomic E-state index is 5.83. The first kappa shape index (κ1) is 21.2. The number of nitrogens with zero attached hydrogens (tertiary/aromatic N) is 1. The zero-order valence-electron chi connectivity index (χ0n) is 13.9. The molecular weight excluding hydrogens is 389 g/mol. The lowest BCUT2D eigenvalue weighted by atomic mass is 10.1. The second-order valence-corrected chi connectivity index (χ2v) is 5.94. The molecule has 0 spiro atoms. The molecule has 0 bridgehead atoms. The molecule has 0 aliphatic carbocycles. The van der Waals surface area contributed by atoms with Crippen LogP contribution in [-0.4, -0.2) is 25.7 Å². The van der Waals surface area contributed by atoms with Crippen molar-refractivity contribution in [2.75, 3.05) is 19.7 Å². The lowest BCUT2D eigenvalue weighted by molar-refractivity contribution is 0.0945. The van der Waals surface area contributed by atoms with E-state index < -0.39 is 0 Å². The maximum Gasteiger partial charge on any atom is 0.188 e. The molecule has 1 atom stereocenters. The molecule has 0 heterocycles. The van der Waals surface area contributed by atoms with Crippen molar-refractivity contribution in [2.45, 2.75) is 33.8 Å². The fraction of sp³-hybridized carbons (Fsp3) is 0.588. The molecule has 5 heteroatoms. The Balaban J connectivity index is 0.00000441. The summed E-state index contributed by atoms with van der Waals surface area (Å²) in [6.07, 6.45) is 1.10. The summed E-state index contributed by atoms with van der Waals surface area (Å²) in [5, 5.41) is 3.14. The van der Waals surface area contributed by atoms with E-state index in [4.69, 9.17) is 10.5 Å². The first-order chi connectivity index (χ1) is 10.1. The van der Waals surface area contributed by atoms with Gasteiger partial charge in [-0.2, -0.15) is 0 Å². The van der Waals surface area contributed by atoms with E-state index in [9.17, 15) is 0 Å². The molecule has 126 valence electrons. The molecule has 0 radical (unpaired) electrons. The van der Waals surface area contributed by atoms with Crippen LogP contribution in [0, 0.1) is 11.8 Å². The summed E-state index contributed by atoms with van der Waals surface area (Å²) in [5.74, 6) is 1.57. The second kappa shape index (κ2) is 12.7. The molecule has 22 heavy (non-hydrogen) atoms. The zero-order chi connectivity index (χ0) is 15.5. The van der Waals surface area contributed by atoms with Crippen LogP contribution < -0.4 is 11.1 Å². The van der Waals surface area contributed by atoms with Crippen molar-refractivity contribution < 1.29 is 4.74 Å². The number of guanidine groups is 1. The van der Waals surface area contributed by atoms with E-state index in [2.05, 4.69) is 43.2 Å². The standard InChI is InChI=1S/C17H29N3O.HI/c1-14(2)9-10-19-17(18)20-11-15(3)12-21-13-16-7-5-4-6-8-16;/h4-8,14-15H,9-13H2,1-3H3,(H3,18,19,20);1H. The monoisotopic (exact) mass is 419 g/mol. The first-order valence-electron chi connectivity index (χ1n) is 7.73. The fourth-order valence-electron chi connectivity index (χ4n) is 1.80. The van der Waals surface area contributed by atoms with Gasteiger partial charge in [0.1, 0.15) is 0 Å². The molecular formula is C17H30IN3O. The van der Waals surface area contributed by atoms with Crippen LogP contribution in [-0.2, 0) is 11.3 Å². The highest BCUT2D eigenvalue weighted by molar-refractivity contribution is 14.0. The van der Waals surface area contributed by atoms with Gasteiger partial charge in [0.25, 0.3) is 0 Å². The van der Waals surface area contributed by atoms with Crippen LogP contribution in [0.15, 0.2) is 35.3 Å². The van der Waals surface area contributed by atoms with Crippen LogP contribution in [0.4, 0.5) is 0 Å². The van der Waals surface area contributed by atoms with E-state index >= 15 is 0 Å². The van der Waals surface area contributed by atoms with E-state index in [0.717, 1.165) is 13.0 Å². The van der Waals surface area contributed by atoms with Gasteiger partial charge in [0, 0.05) is 13.1 Å². The van der Waals surface area contributed by atoms with Crippen LogP contribution in [0.2, 0.25) is 0 Å². The highest BCUT2D eigenvalue weighted by atomic mass is 127. The summed E-state index contributed by atoms with van der Waals surface area (Å²) in [5.41, 5.74) is 7.02. The third-order valence-corrected chi connectivity index (χ3v) is 3.12. The lowest BCUT2D eigenvalue weighted by Crippen LogP contribution is -2.33. The number of hydrogen-bond acceptors (Lipinski definition) is 2. The van der Waals surface area contributed by atoms with Crippen LogP contribution in [0.3, 0.4) is 0 Å². The normalized spacial score (nSPS) is 12.8. The van der Waals surface area contributed by atoms with Gasteiger partial charge in [-0.25, -0.2) is 0 Å². The Labute approximate surface area is 151 Å². The van der Waals surface area contributed by atoms with Crippen molar-refractivity contribution in [3.63, 3.8) is 0 Å². The van der Waals surface area contributed by atoms with Gasteiger partial charge < -0.3 is 15.8 Å². The summed E-state index contributed by atoms with van der Waals surface area (Å²) < 4.78 is 5.70. The molecule has 0 aliphatic rings. The van der Waals surface area contributed by atoms with Crippen LogP contribution in [0.25, 0.3) is 0 Å². The molecule has 0 amide bonds. The lowest BCUT2D eigenvalue weighted by Gasteiger charge is -2.11. The van der Waals surface area contributed by atoms with E-state index in [1.54, 1.807) is 0 Å². The van der Waals surface area contributed by atoms with E-state index in [1.165, 1.54) is 5.56 Å². The minimum absolute atomic E-state index is 0. The van der Waals surface area contributed by atoms with Gasteiger partial charge in [-0.05, 0) is 23.8 Å². The van der Waals surface area contributed by atoms with Crippen molar-refractivity contribution in [3.8, 4) is 0 Å². The minimum atomic E-state index is 0. The highest BCUT2D eigenvalue weighted by Gasteiger charge is 2.02. The summed E-state index contributed by atoms with van der Waals surface area (Å²) in [6, 6.07) is 10.2. The van der Waals surface area contributed by atoms with Crippen LogP contribution >= 0.6 is 24.0 Å².